The highest BCUT2D eigenvalue weighted by atomic mass is 19.1. The summed E-state index contributed by atoms with van der Waals surface area (Å²) in [5.74, 6) is 4.12. The third kappa shape index (κ3) is 1.50. The van der Waals surface area contributed by atoms with Crippen LogP contribution in [0.3, 0.4) is 0 Å². The molecule has 1 aromatic heterocycles. The smallest absolute Gasteiger partial charge is 0.149 e. The Morgan fingerprint density at radius 3 is 2.60 bits per heavy atom. The van der Waals surface area contributed by atoms with Gasteiger partial charge in [-0.15, -0.1) is 0 Å². The number of nitrogens with zero attached hydrogens (tertiary/aromatic N) is 1. The minimum atomic E-state index is -0.563. The third-order valence-electron chi connectivity index (χ3n) is 2.14. The summed E-state index contributed by atoms with van der Waals surface area (Å²) in [5, 5.41) is 0.0723. The first-order valence-electron chi connectivity index (χ1n) is 4.35. The molecule has 1 heterocycles. The van der Waals surface area contributed by atoms with Gasteiger partial charge in [0.1, 0.15) is 17.2 Å². The molecule has 0 fully saturated rings. The Bertz CT molecular complexity index is 526. The average Bonchev–Trinajstić information content (AvgIpc) is 2.22. The van der Waals surface area contributed by atoms with E-state index in [0.29, 0.717) is 11.4 Å². The van der Waals surface area contributed by atoms with E-state index in [9.17, 15) is 8.78 Å². The van der Waals surface area contributed by atoms with Gasteiger partial charge in [-0.3, -0.25) is 5.84 Å². The van der Waals surface area contributed by atoms with E-state index < -0.39 is 11.6 Å². The number of aromatic nitrogens is 1. The van der Waals surface area contributed by atoms with Crippen LogP contribution in [0.4, 0.5) is 14.5 Å². The molecule has 0 bridgehead atoms. The minimum absolute atomic E-state index is 0.0112. The van der Waals surface area contributed by atoms with Gasteiger partial charge in [-0.1, -0.05) is 0 Å². The number of benzene rings is 1. The van der Waals surface area contributed by atoms with E-state index in [-0.39, 0.29) is 10.9 Å². The number of fused-ring (bicyclic) bond motifs is 1. The molecule has 0 radical (unpaired) electrons. The molecule has 2 aromatic rings. The molecule has 0 aliphatic rings. The van der Waals surface area contributed by atoms with Crippen LogP contribution in [0.1, 0.15) is 5.69 Å². The first kappa shape index (κ1) is 9.79. The lowest BCUT2D eigenvalue weighted by Gasteiger charge is -2.08. The molecule has 5 heteroatoms. The second-order valence-corrected chi connectivity index (χ2v) is 3.21. The molecule has 78 valence electrons. The molecule has 3 N–H and O–H groups in total. The SMILES string of the molecule is Cc1cc(NN)c2c(F)ccc(F)c2n1. The summed E-state index contributed by atoms with van der Waals surface area (Å²) in [6, 6.07) is 3.66. The lowest BCUT2D eigenvalue weighted by Crippen LogP contribution is -2.09. The average molecular weight is 209 g/mol. The molecule has 0 unspecified atom stereocenters. The predicted octanol–water partition coefficient (Wildman–Crippen LogP) is 2.11. The van der Waals surface area contributed by atoms with Crippen LogP contribution >= 0.6 is 0 Å². The Labute approximate surface area is 84.9 Å². The molecule has 0 aliphatic heterocycles. The molecule has 0 amide bonds. The van der Waals surface area contributed by atoms with E-state index in [1.54, 1.807) is 13.0 Å². The Hall–Kier alpha value is -1.75. The zero-order valence-corrected chi connectivity index (χ0v) is 8.01. The Morgan fingerprint density at radius 1 is 1.27 bits per heavy atom. The molecule has 1 aromatic carbocycles. The van der Waals surface area contributed by atoms with Crippen LogP contribution in [0.2, 0.25) is 0 Å². The van der Waals surface area contributed by atoms with E-state index in [4.69, 9.17) is 5.84 Å². The fraction of sp³-hybridized carbons (Fsp3) is 0.100. The number of rotatable bonds is 1. The third-order valence-corrected chi connectivity index (χ3v) is 2.14. The van der Waals surface area contributed by atoms with Gasteiger partial charge >= 0.3 is 0 Å². The van der Waals surface area contributed by atoms with Crippen LogP contribution < -0.4 is 11.3 Å². The zero-order valence-electron chi connectivity index (χ0n) is 8.01. The summed E-state index contributed by atoms with van der Waals surface area (Å²) in [4.78, 5) is 3.93. The first-order valence-corrected chi connectivity index (χ1v) is 4.35. The molecular formula is C10H9F2N3. The molecule has 0 aliphatic carbocycles. The van der Waals surface area contributed by atoms with Crippen molar-refractivity contribution in [3.63, 3.8) is 0 Å². The Kier molecular flexibility index (Phi) is 2.24. The highest BCUT2D eigenvalue weighted by Crippen LogP contribution is 2.26. The van der Waals surface area contributed by atoms with Gasteiger partial charge in [0.2, 0.25) is 0 Å². The van der Waals surface area contributed by atoms with Crippen LogP contribution in [0.5, 0.6) is 0 Å². The molecular weight excluding hydrogens is 200 g/mol. The maximum Gasteiger partial charge on any atom is 0.149 e. The lowest BCUT2D eigenvalue weighted by molar-refractivity contribution is 0.615. The number of anilines is 1. The molecule has 0 spiro atoms. The van der Waals surface area contributed by atoms with Crippen molar-refractivity contribution >= 4 is 16.6 Å². The summed E-state index contributed by atoms with van der Waals surface area (Å²) in [6.45, 7) is 1.69. The topological polar surface area (TPSA) is 50.9 Å². The molecule has 2 rings (SSSR count). The summed E-state index contributed by atoms with van der Waals surface area (Å²) in [6.07, 6.45) is 0. The van der Waals surface area contributed by atoms with E-state index >= 15 is 0 Å². The molecule has 15 heavy (non-hydrogen) atoms. The van der Waals surface area contributed by atoms with Crippen LogP contribution in [-0.2, 0) is 0 Å². The highest BCUT2D eigenvalue weighted by molar-refractivity contribution is 5.92. The maximum absolute atomic E-state index is 13.4. The van der Waals surface area contributed by atoms with Crippen LogP contribution in [0.25, 0.3) is 10.9 Å². The molecule has 0 atom stereocenters. The first-order chi connectivity index (χ1) is 7.13. The van der Waals surface area contributed by atoms with Gasteiger partial charge in [0.05, 0.1) is 11.1 Å². The van der Waals surface area contributed by atoms with Crippen molar-refractivity contribution < 1.29 is 8.78 Å². The highest BCUT2D eigenvalue weighted by Gasteiger charge is 2.11. The number of hydrazine groups is 1. The maximum atomic E-state index is 13.4. The monoisotopic (exact) mass is 209 g/mol. The van der Waals surface area contributed by atoms with Crippen LogP contribution in [-0.4, -0.2) is 4.98 Å². The van der Waals surface area contributed by atoms with E-state index in [1.165, 1.54) is 0 Å². The summed E-state index contributed by atoms with van der Waals surface area (Å²) >= 11 is 0. The van der Waals surface area contributed by atoms with Crippen LogP contribution in [0, 0.1) is 18.6 Å². The van der Waals surface area contributed by atoms with Crippen molar-refractivity contribution in [2.24, 2.45) is 5.84 Å². The van der Waals surface area contributed by atoms with Crippen molar-refractivity contribution in [1.29, 1.82) is 0 Å². The molecule has 0 saturated heterocycles. The van der Waals surface area contributed by atoms with Gasteiger partial charge in [-0.2, -0.15) is 0 Å². The molecule has 0 saturated carbocycles. The van der Waals surface area contributed by atoms with Gasteiger partial charge in [0.15, 0.2) is 0 Å². The Morgan fingerprint density at radius 2 is 1.93 bits per heavy atom. The lowest BCUT2D eigenvalue weighted by atomic mass is 10.1. The number of nitrogens with two attached hydrogens (primary N) is 1. The van der Waals surface area contributed by atoms with Crippen LogP contribution in [0.15, 0.2) is 18.2 Å². The predicted molar refractivity (Wildman–Crippen MR) is 54.2 cm³/mol. The Balaban J connectivity index is 2.95. The van der Waals surface area contributed by atoms with Crippen molar-refractivity contribution in [2.75, 3.05) is 5.43 Å². The van der Waals surface area contributed by atoms with Gasteiger partial charge in [-0.05, 0) is 25.1 Å². The number of pyridine rings is 1. The van der Waals surface area contributed by atoms with Gasteiger partial charge in [-0.25, -0.2) is 13.8 Å². The quantitative estimate of drug-likeness (QED) is 0.558. The van der Waals surface area contributed by atoms with Crippen molar-refractivity contribution in [3.05, 3.63) is 35.5 Å². The number of hydrogen-bond acceptors (Lipinski definition) is 3. The second-order valence-electron chi connectivity index (χ2n) is 3.21. The van der Waals surface area contributed by atoms with Gasteiger partial charge in [0.25, 0.3) is 0 Å². The summed E-state index contributed by atoms with van der Waals surface area (Å²) in [7, 11) is 0. The van der Waals surface area contributed by atoms with Crippen molar-refractivity contribution in [2.45, 2.75) is 6.92 Å². The number of nitrogen functional groups attached to an aromatic ring is 1. The fourth-order valence-electron chi connectivity index (χ4n) is 1.51. The number of aryl methyl sites for hydroxylation is 1. The van der Waals surface area contributed by atoms with Crippen molar-refractivity contribution in [1.82, 2.24) is 4.98 Å². The summed E-state index contributed by atoms with van der Waals surface area (Å²) < 4.78 is 26.8. The molecule has 3 nitrogen and oxygen atoms in total. The van der Waals surface area contributed by atoms with Gasteiger partial charge < -0.3 is 5.43 Å². The number of halogens is 2. The summed E-state index contributed by atoms with van der Waals surface area (Å²) in [5.41, 5.74) is 3.22. The largest absolute Gasteiger partial charge is 0.323 e. The number of nitrogens with one attached hydrogen (secondary N) is 1. The van der Waals surface area contributed by atoms with Crippen molar-refractivity contribution in [3.8, 4) is 0 Å². The normalized spacial score (nSPS) is 10.7. The van der Waals surface area contributed by atoms with Gasteiger partial charge in [0, 0.05) is 5.69 Å². The minimum Gasteiger partial charge on any atom is -0.323 e. The zero-order chi connectivity index (χ0) is 11.0. The van der Waals surface area contributed by atoms with E-state index in [0.717, 1.165) is 12.1 Å². The number of hydrogen-bond donors (Lipinski definition) is 2. The van der Waals surface area contributed by atoms with E-state index in [2.05, 4.69) is 10.4 Å². The second kappa shape index (κ2) is 3.43. The van der Waals surface area contributed by atoms with E-state index in [1.807, 2.05) is 0 Å². The standard InChI is InChI=1S/C10H9F2N3/c1-5-4-8(15-13)9-6(11)2-3-7(12)10(9)14-5/h2-4H,13H2,1H3,(H,14,15). The fourth-order valence-corrected chi connectivity index (χ4v) is 1.51.